The number of carbonyl (C=O) groups excluding carboxylic acids is 1. The van der Waals surface area contributed by atoms with Crippen molar-refractivity contribution in [3.8, 4) is 0 Å². The monoisotopic (exact) mass is 373 g/mol. The summed E-state index contributed by atoms with van der Waals surface area (Å²) >= 11 is 0. The topological polar surface area (TPSA) is 47.6 Å². The van der Waals surface area contributed by atoms with Crippen LogP contribution in [0, 0.1) is 25.7 Å². The Kier molecular flexibility index (Phi) is 6.27. The van der Waals surface area contributed by atoms with Gasteiger partial charge in [0, 0.05) is 31.4 Å². The number of rotatable bonds is 5. The normalized spacial score (nSPS) is 33.4. The molecule has 27 heavy (non-hydrogen) atoms. The van der Waals surface area contributed by atoms with E-state index in [0.717, 1.165) is 19.3 Å². The molecule has 0 bridgehead atoms. The largest absolute Gasteiger partial charge is 0.384 e. The van der Waals surface area contributed by atoms with Gasteiger partial charge in [-0.25, -0.2) is 0 Å². The lowest BCUT2D eigenvalue weighted by atomic mass is 9.66. The molecule has 0 aromatic heterocycles. The lowest BCUT2D eigenvalue weighted by Crippen LogP contribution is -2.60. The van der Waals surface area contributed by atoms with Crippen LogP contribution in [0.25, 0.3) is 0 Å². The summed E-state index contributed by atoms with van der Waals surface area (Å²) in [7, 11) is 1.64. The Morgan fingerprint density at radius 2 is 2.00 bits per heavy atom. The number of nitrogens with one attached hydrogen (secondary N) is 1. The standard InChI is InChI=1S/C23H35NO3/c1-15-9-10-18-19(13-15)27-20(22-16(2)7-6-8-17(22)3)14-23(18,4)24-21(25)11-12-26-5/h6-8,15,18-20H,9-14H2,1-5H3,(H,24,25)/t15-,18-,19-,20-,23+/m1/s1. The van der Waals surface area contributed by atoms with Crippen LogP contribution in [-0.2, 0) is 14.3 Å². The molecule has 1 aromatic carbocycles. The first kappa shape index (κ1) is 20.3. The highest BCUT2D eigenvalue weighted by molar-refractivity contribution is 5.77. The second-order valence-corrected chi connectivity index (χ2v) is 8.91. The number of ether oxygens (including phenoxy) is 2. The number of methoxy groups -OCH3 is 1. The van der Waals surface area contributed by atoms with E-state index < -0.39 is 0 Å². The van der Waals surface area contributed by atoms with Crippen molar-refractivity contribution in [1.29, 1.82) is 0 Å². The first-order chi connectivity index (χ1) is 12.8. The zero-order valence-electron chi connectivity index (χ0n) is 17.5. The van der Waals surface area contributed by atoms with Crippen molar-refractivity contribution in [2.24, 2.45) is 11.8 Å². The molecule has 1 N–H and O–H groups in total. The molecule has 0 unspecified atom stereocenters. The van der Waals surface area contributed by atoms with Crippen molar-refractivity contribution >= 4 is 5.91 Å². The van der Waals surface area contributed by atoms with Gasteiger partial charge in [0.05, 0.1) is 18.8 Å². The molecule has 1 amide bonds. The van der Waals surface area contributed by atoms with E-state index in [4.69, 9.17) is 9.47 Å². The van der Waals surface area contributed by atoms with Gasteiger partial charge < -0.3 is 14.8 Å². The lowest BCUT2D eigenvalue weighted by Gasteiger charge is -2.52. The van der Waals surface area contributed by atoms with Gasteiger partial charge in [-0.15, -0.1) is 0 Å². The van der Waals surface area contributed by atoms with Crippen LogP contribution in [-0.4, -0.2) is 31.3 Å². The summed E-state index contributed by atoms with van der Waals surface area (Å²) in [6.07, 6.45) is 4.89. The van der Waals surface area contributed by atoms with E-state index >= 15 is 0 Å². The van der Waals surface area contributed by atoms with Crippen molar-refractivity contribution in [2.45, 2.75) is 77.5 Å². The molecule has 2 fully saturated rings. The zero-order chi connectivity index (χ0) is 19.6. The fourth-order valence-electron chi connectivity index (χ4n) is 5.23. The summed E-state index contributed by atoms with van der Waals surface area (Å²) in [5.74, 6) is 1.14. The smallest absolute Gasteiger partial charge is 0.222 e. The second-order valence-electron chi connectivity index (χ2n) is 8.91. The Morgan fingerprint density at radius 3 is 2.67 bits per heavy atom. The summed E-state index contributed by atoms with van der Waals surface area (Å²) in [6, 6.07) is 6.43. The zero-order valence-corrected chi connectivity index (χ0v) is 17.5. The molecule has 4 heteroatoms. The molecule has 1 saturated heterocycles. The maximum absolute atomic E-state index is 12.6. The minimum atomic E-state index is -0.243. The first-order valence-electron chi connectivity index (χ1n) is 10.4. The number of carbonyl (C=O) groups is 1. The minimum Gasteiger partial charge on any atom is -0.384 e. The number of fused-ring (bicyclic) bond motifs is 1. The summed E-state index contributed by atoms with van der Waals surface area (Å²) in [5, 5.41) is 3.38. The van der Waals surface area contributed by atoms with Gasteiger partial charge in [0.2, 0.25) is 5.91 Å². The molecule has 1 heterocycles. The quantitative estimate of drug-likeness (QED) is 0.828. The van der Waals surface area contributed by atoms with Crippen LogP contribution in [0.5, 0.6) is 0 Å². The van der Waals surface area contributed by atoms with Crippen LogP contribution < -0.4 is 5.32 Å². The predicted molar refractivity (Wildman–Crippen MR) is 108 cm³/mol. The third-order valence-corrected chi connectivity index (χ3v) is 6.64. The Labute approximate surface area is 164 Å². The van der Waals surface area contributed by atoms with E-state index in [-0.39, 0.29) is 23.7 Å². The molecule has 1 aliphatic carbocycles. The van der Waals surface area contributed by atoms with E-state index in [2.05, 4.69) is 51.2 Å². The SMILES string of the molecule is COCCC(=O)N[C@@]1(C)C[C@H](c2c(C)cccc2C)O[C@@H]2C[C@H](C)CC[C@H]21. The van der Waals surface area contributed by atoms with Crippen molar-refractivity contribution in [1.82, 2.24) is 5.32 Å². The predicted octanol–water partition coefficient (Wildman–Crippen LogP) is 4.48. The van der Waals surface area contributed by atoms with Gasteiger partial charge >= 0.3 is 0 Å². The lowest BCUT2D eigenvalue weighted by molar-refractivity contribution is -0.154. The van der Waals surface area contributed by atoms with E-state index in [9.17, 15) is 4.79 Å². The van der Waals surface area contributed by atoms with Crippen LogP contribution in [0.1, 0.15) is 68.7 Å². The van der Waals surface area contributed by atoms with E-state index in [1.165, 1.54) is 23.1 Å². The molecule has 1 aromatic rings. The number of amides is 1. The average molecular weight is 374 g/mol. The third-order valence-electron chi connectivity index (χ3n) is 6.64. The molecule has 150 valence electrons. The van der Waals surface area contributed by atoms with Crippen LogP contribution in [0.15, 0.2) is 18.2 Å². The van der Waals surface area contributed by atoms with Crippen LogP contribution in [0.2, 0.25) is 0 Å². The summed E-state index contributed by atoms with van der Waals surface area (Å²) in [5.41, 5.74) is 3.60. The molecular weight excluding hydrogens is 338 g/mol. The highest BCUT2D eigenvalue weighted by Crippen LogP contribution is 2.48. The Morgan fingerprint density at radius 1 is 1.30 bits per heavy atom. The van der Waals surface area contributed by atoms with Crippen LogP contribution in [0.3, 0.4) is 0 Å². The van der Waals surface area contributed by atoms with Crippen molar-refractivity contribution in [3.63, 3.8) is 0 Å². The molecule has 1 aliphatic heterocycles. The molecule has 1 saturated carbocycles. The maximum Gasteiger partial charge on any atom is 0.222 e. The minimum absolute atomic E-state index is 0.0328. The van der Waals surface area contributed by atoms with Gasteiger partial charge in [-0.2, -0.15) is 0 Å². The summed E-state index contributed by atoms with van der Waals surface area (Å²) < 4.78 is 11.8. The van der Waals surface area contributed by atoms with E-state index in [1.54, 1.807) is 7.11 Å². The van der Waals surface area contributed by atoms with Gasteiger partial charge in [0.15, 0.2) is 0 Å². The van der Waals surface area contributed by atoms with Crippen molar-refractivity contribution < 1.29 is 14.3 Å². The van der Waals surface area contributed by atoms with Gasteiger partial charge in [-0.05, 0) is 56.2 Å². The first-order valence-corrected chi connectivity index (χ1v) is 10.4. The van der Waals surface area contributed by atoms with Gasteiger partial charge in [-0.1, -0.05) is 31.5 Å². The molecular formula is C23H35NO3. The van der Waals surface area contributed by atoms with Gasteiger partial charge in [0.1, 0.15) is 0 Å². The number of aryl methyl sites for hydroxylation is 2. The fourth-order valence-corrected chi connectivity index (χ4v) is 5.23. The molecule has 0 spiro atoms. The number of hydrogen-bond donors (Lipinski definition) is 1. The summed E-state index contributed by atoms with van der Waals surface area (Å²) in [6.45, 7) is 9.33. The number of hydrogen-bond acceptors (Lipinski definition) is 3. The molecule has 4 nitrogen and oxygen atoms in total. The third kappa shape index (κ3) is 4.38. The Balaban J connectivity index is 1.89. The fraction of sp³-hybridized carbons (Fsp3) is 0.696. The van der Waals surface area contributed by atoms with Crippen molar-refractivity contribution in [3.05, 3.63) is 34.9 Å². The van der Waals surface area contributed by atoms with Gasteiger partial charge in [-0.3, -0.25) is 4.79 Å². The Hall–Kier alpha value is -1.39. The second kappa shape index (κ2) is 8.32. The van der Waals surface area contributed by atoms with Crippen molar-refractivity contribution in [2.75, 3.05) is 13.7 Å². The number of benzene rings is 1. The summed E-state index contributed by atoms with van der Waals surface area (Å²) in [4.78, 5) is 12.6. The molecule has 3 rings (SSSR count). The average Bonchev–Trinajstić information content (AvgIpc) is 2.59. The molecule has 2 aliphatic rings. The highest BCUT2D eigenvalue weighted by Gasteiger charge is 2.49. The van der Waals surface area contributed by atoms with E-state index in [1.807, 2.05) is 0 Å². The highest BCUT2D eigenvalue weighted by atomic mass is 16.5. The van der Waals surface area contributed by atoms with Crippen LogP contribution in [0.4, 0.5) is 0 Å². The van der Waals surface area contributed by atoms with E-state index in [0.29, 0.717) is 24.9 Å². The molecule has 0 radical (unpaired) electrons. The van der Waals surface area contributed by atoms with Crippen LogP contribution >= 0.6 is 0 Å². The Bertz CT molecular complexity index is 653. The maximum atomic E-state index is 12.6. The van der Waals surface area contributed by atoms with Gasteiger partial charge in [0.25, 0.3) is 0 Å². The molecule has 5 atom stereocenters.